The Kier molecular flexibility index (Phi) is 3.60. The van der Waals surface area contributed by atoms with E-state index in [1.807, 2.05) is 25.1 Å². The van der Waals surface area contributed by atoms with Crippen LogP contribution in [0.4, 0.5) is 4.79 Å². The predicted octanol–water partition coefficient (Wildman–Crippen LogP) is 1.79. The number of methoxy groups -OCH3 is 2. The van der Waals surface area contributed by atoms with E-state index in [-0.39, 0.29) is 12.1 Å². The number of nitrogens with one attached hydrogen (secondary N) is 1. The van der Waals surface area contributed by atoms with Crippen molar-refractivity contribution in [1.29, 1.82) is 0 Å². The molecule has 98 valence electrons. The standard InChI is InChI=1S/C13H18N2O3/c1-9(15-7-6-14-13(15)16)10-4-5-11(17-2)12(8-10)18-3/h4-5,8-9H,6-7H2,1-3H3,(H,14,16). The number of nitrogens with zero attached hydrogens (tertiary/aromatic N) is 1. The van der Waals surface area contributed by atoms with Gasteiger partial charge >= 0.3 is 6.03 Å². The van der Waals surface area contributed by atoms with E-state index < -0.39 is 0 Å². The van der Waals surface area contributed by atoms with E-state index in [1.165, 1.54) is 0 Å². The number of urea groups is 1. The third-order valence-corrected chi connectivity index (χ3v) is 3.25. The minimum absolute atomic E-state index is 0.0164. The molecule has 1 heterocycles. The summed E-state index contributed by atoms with van der Waals surface area (Å²) in [6, 6.07) is 5.73. The third-order valence-electron chi connectivity index (χ3n) is 3.25. The SMILES string of the molecule is COc1ccc(C(C)N2CCNC2=O)cc1OC. The lowest BCUT2D eigenvalue weighted by molar-refractivity contribution is 0.202. The smallest absolute Gasteiger partial charge is 0.318 e. The number of benzene rings is 1. The molecule has 0 saturated carbocycles. The van der Waals surface area contributed by atoms with E-state index in [0.29, 0.717) is 18.0 Å². The van der Waals surface area contributed by atoms with Gasteiger partial charge in [-0.05, 0) is 24.6 Å². The molecule has 18 heavy (non-hydrogen) atoms. The average Bonchev–Trinajstić information content (AvgIpc) is 2.83. The van der Waals surface area contributed by atoms with E-state index in [4.69, 9.17) is 9.47 Å². The van der Waals surface area contributed by atoms with Crippen molar-refractivity contribution in [3.8, 4) is 11.5 Å². The van der Waals surface area contributed by atoms with Crippen LogP contribution in [0.25, 0.3) is 0 Å². The van der Waals surface area contributed by atoms with Gasteiger partial charge in [0.15, 0.2) is 11.5 Å². The minimum Gasteiger partial charge on any atom is -0.493 e. The molecule has 1 unspecified atom stereocenters. The van der Waals surface area contributed by atoms with Crippen LogP contribution in [-0.4, -0.2) is 38.2 Å². The Labute approximate surface area is 107 Å². The number of ether oxygens (including phenoxy) is 2. The maximum absolute atomic E-state index is 11.6. The van der Waals surface area contributed by atoms with Gasteiger partial charge in [0.25, 0.3) is 0 Å². The summed E-state index contributed by atoms with van der Waals surface area (Å²) in [5.41, 5.74) is 1.03. The van der Waals surface area contributed by atoms with Crippen molar-refractivity contribution in [1.82, 2.24) is 10.2 Å². The zero-order valence-corrected chi connectivity index (χ0v) is 10.9. The van der Waals surface area contributed by atoms with Crippen molar-refractivity contribution in [2.75, 3.05) is 27.3 Å². The van der Waals surface area contributed by atoms with Gasteiger partial charge in [0.2, 0.25) is 0 Å². The molecular formula is C13H18N2O3. The van der Waals surface area contributed by atoms with Gasteiger partial charge in [-0.25, -0.2) is 4.79 Å². The lowest BCUT2D eigenvalue weighted by Crippen LogP contribution is -2.30. The highest BCUT2D eigenvalue weighted by molar-refractivity contribution is 5.76. The van der Waals surface area contributed by atoms with Crippen LogP contribution in [0, 0.1) is 0 Å². The Morgan fingerprint density at radius 2 is 2.00 bits per heavy atom. The Hall–Kier alpha value is -1.91. The first-order valence-electron chi connectivity index (χ1n) is 5.93. The molecule has 5 heteroatoms. The van der Waals surface area contributed by atoms with Crippen LogP contribution in [0.5, 0.6) is 11.5 Å². The van der Waals surface area contributed by atoms with Crippen LogP contribution in [0.3, 0.4) is 0 Å². The fourth-order valence-corrected chi connectivity index (χ4v) is 2.15. The van der Waals surface area contributed by atoms with Crippen LogP contribution < -0.4 is 14.8 Å². The molecule has 1 N–H and O–H groups in total. The van der Waals surface area contributed by atoms with Crippen LogP contribution in [0.1, 0.15) is 18.5 Å². The largest absolute Gasteiger partial charge is 0.493 e. The molecule has 1 atom stereocenters. The van der Waals surface area contributed by atoms with Gasteiger partial charge in [0.05, 0.1) is 20.3 Å². The normalized spacial score (nSPS) is 16.4. The predicted molar refractivity (Wildman–Crippen MR) is 68.1 cm³/mol. The molecule has 1 aromatic carbocycles. The molecule has 2 amide bonds. The summed E-state index contributed by atoms with van der Waals surface area (Å²) in [4.78, 5) is 13.4. The van der Waals surface area contributed by atoms with E-state index in [2.05, 4.69) is 5.32 Å². The van der Waals surface area contributed by atoms with Crippen molar-refractivity contribution < 1.29 is 14.3 Å². The van der Waals surface area contributed by atoms with Gasteiger partial charge in [-0.1, -0.05) is 6.07 Å². The molecule has 1 saturated heterocycles. The van der Waals surface area contributed by atoms with Crippen molar-refractivity contribution in [2.24, 2.45) is 0 Å². The Balaban J connectivity index is 2.25. The Morgan fingerprint density at radius 3 is 2.56 bits per heavy atom. The van der Waals surface area contributed by atoms with Crippen LogP contribution in [0.2, 0.25) is 0 Å². The van der Waals surface area contributed by atoms with Gasteiger partial charge in [-0.2, -0.15) is 0 Å². The number of carbonyl (C=O) groups excluding carboxylic acids is 1. The molecule has 1 aliphatic heterocycles. The molecule has 0 spiro atoms. The van der Waals surface area contributed by atoms with Gasteiger partial charge in [-0.3, -0.25) is 0 Å². The second-order valence-corrected chi connectivity index (χ2v) is 4.22. The molecule has 1 aromatic rings. The maximum atomic E-state index is 11.6. The van der Waals surface area contributed by atoms with Crippen molar-refractivity contribution in [2.45, 2.75) is 13.0 Å². The summed E-state index contributed by atoms with van der Waals surface area (Å²) in [6.45, 7) is 3.44. The van der Waals surface area contributed by atoms with Crippen LogP contribution in [-0.2, 0) is 0 Å². The monoisotopic (exact) mass is 250 g/mol. The van der Waals surface area contributed by atoms with Crippen molar-refractivity contribution in [3.05, 3.63) is 23.8 Å². The summed E-state index contributed by atoms with van der Waals surface area (Å²) in [5, 5.41) is 2.80. The zero-order valence-electron chi connectivity index (χ0n) is 10.9. The number of hydrogen-bond donors (Lipinski definition) is 1. The van der Waals surface area contributed by atoms with E-state index >= 15 is 0 Å². The van der Waals surface area contributed by atoms with Gasteiger partial charge in [0, 0.05) is 13.1 Å². The molecule has 0 aliphatic carbocycles. The fourth-order valence-electron chi connectivity index (χ4n) is 2.15. The average molecular weight is 250 g/mol. The van der Waals surface area contributed by atoms with Crippen LogP contribution >= 0.6 is 0 Å². The van der Waals surface area contributed by atoms with E-state index in [9.17, 15) is 4.79 Å². The Bertz CT molecular complexity index is 448. The quantitative estimate of drug-likeness (QED) is 0.886. The molecule has 5 nitrogen and oxygen atoms in total. The first-order valence-corrected chi connectivity index (χ1v) is 5.93. The maximum Gasteiger partial charge on any atom is 0.318 e. The number of hydrogen-bond acceptors (Lipinski definition) is 3. The zero-order chi connectivity index (χ0) is 13.1. The molecular weight excluding hydrogens is 232 g/mol. The lowest BCUT2D eigenvalue weighted by atomic mass is 10.1. The minimum atomic E-state index is -0.0164. The molecule has 1 aliphatic rings. The van der Waals surface area contributed by atoms with Gasteiger partial charge in [-0.15, -0.1) is 0 Å². The number of amides is 2. The second kappa shape index (κ2) is 5.16. The molecule has 0 bridgehead atoms. The van der Waals surface area contributed by atoms with Crippen molar-refractivity contribution in [3.63, 3.8) is 0 Å². The first kappa shape index (κ1) is 12.5. The summed E-state index contributed by atoms with van der Waals surface area (Å²) < 4.78 is 10.5. The number of rotatable bonds is 4. The highest BCUT2D eigenvalue weighted by Gasteiger charge is 2.26. The topological polar surface area (TPSA) is 50.8 Å². The van der Waals surface area contributed by atoms with Crippen molar-refractivity contribution >= 4 is 6.03 Å². The summed E-state index contributed by atoms with van der Waals surface area (Å²) >= 11 is 0. The lowest BCUT2D eigenvalue weighted by Gasteiger charge is -2.24. The summed E-state index contributed by atoms with van der Waals surface area (Å²) in [5.74, 6) is 1.38. The number of carbonyl (C=O) groups is 1. The van der Waals surface area contributed by atoms with E-state index in [0.717, 1.165) is 12.1 Å². The third kappa shape index (κ3) is 2.20. The summed E-state index contributed by atoms with van der Waals surface area (Å²) in [6.07, 6.45) is 0. The molecule has 2 rings (SSSR count). The molecule has 1 fully saturated rings. The van der Waals surface area contributed by atoms with Gasteiger partial charge in [0.1, 0.15) is 0 Å². The second-order valence-electron chi connectivity index (χ2n) is 4.22. The van der Waals surface area contributed by atoms with E-state index in [1.54, 1.807) is 19.1 Å². The fraction of sp³-hybridized carbons (Fsp3) is 0.462. The van der Waals surface area contributed by atoms with Gasteiger partial charge < -0.3 is 19.7 Å². The highest BCUT2D eigenvalue weighted by atomic mass is 16.5. The van der Waals surface area contributed by atoms with Crippen LogP contribution in [0.15, 0.2) is 18.2 Å². The first-order chi connectivity index (χ1) is 8.67. The molecule has 0 aromatic heterocycles. The summed E-state index contributed by atoms with van der Waals surface area (Å²) in [7, 11) is 3.21. The Morgan fingerprint density at radius 1 is 1.28 bits per heavy atom. The molecule has 0 radical (unpaired) electrons. The highest BCUT2D eigenvalue weighted by Crippen LogP contribution is 2.32.